The lowest BCUT2D eigenvalue weighted by atomic mass is 10.2. The molecule has 0 saturated carbocycles. The van der Waals surface area contributed by atoms with Crippen LogP contribution in [0.25, 0.3) is 22.5 Å². The van der Waals surface area contributed by atoms with Gasteiger partial charge in [0.2, 0.25) is 17.7 Å². The molecule has 0 spiro atoms. The second kappa shape index (κ2) is 5.92. The molecule has 6 nitrogen and oxygen atoms in total. The van der Waals surface area contributed by atoms with Gasteiger partial charge in [0.05, 0.1) is 11.0 Å². The first-order chi connectivity index (χ1) is 11.4. The average molecular weight is 305 g/mol. The Morgan fingerprint density at radius 2 is 1.78 bits per heavy atom. The van der Waals surface area contributed by atoms with Crippen molar-refractivity contribution >= 4 is 17.0 Å². The van der Waals surface area contributed by atoms with E-state index in [1.807, 2.05) is 54.6 Å². The first-order valence-corrected chi connectivity index (χ1v) is 7.45. The number of anilines is 1. The molecule has 0 fully saturated rings. The maximum absolute atomic E-state index is 5.67. The lowest BCUT2D eigenvalue weighted by molar-refractivity contribution is 0.509. The molecule has 0 amide bonds. The second-order valence-corrected chi connectivity index (χ2v) is 5.15. The number of rotatable bonds is 5. The molecule has 0 saturated heterocycles. The van der Waals surface area contributed by atoms with Crippen LogP contribution in [0.5, 0.6) is 0 Å². The SMILES string of the molecule is c1ccc(-c2nnc(CCNc3nc4ccccc4[nH]3)o2)cc1. The zero-order valence-corrected chi connectivity index (χ0v) is 12.4. The molecule has 0 bridgehead atoms. The van der Waals surface area contributed by atoms with E-state index in [1.165, 1.54) is 0 Å². The Kier molecular flexibility index (Phi) is 3.48. The lowest BCUT2D eigenvalue weighted by Gasteiger charge is -1.99. The highest BCUT2D eigenvalue weighted by molar-refractivity contribution is 5.77. The maximum atomic E-state index is 5.67. The number of para-hydroxylation sites is 2. The van der Waals surface area contributed by atoms with Crippen molar-refractivity contribution in [1.29, 1.82) is 0 Å². The molecule has 0 aliphatic rings. The van der Waals surface area contributed by atoms with Gasteiger partial charge in [0.1, 0.15) is 0 Å². The van der Waals surface area contributed by atoms with Crippen molar-refractivity contribution in [1.82, 2.24) is 20.2 Å². The number of nitrogens with one attached hydrogen (secondary N) is 2. The van der Waals surface area contributed by atoms with Crippen LogP contribution in [0.15, 0.2) is 59.0 Å². The predicted octanol–water partition coefficient (Wildman–Crippen LogP) is 3.27. The van der Waals surface area contributed by atoms with Gasteiger partial charge in [-0.25, -0.2) is 4.98 Å². The van der Waals surface area contributed by atoms with Crippen LogP contribution in [0.3, 0.4) is 0 Å². The van der Waals surface area contributed by atoms with E-state index < -0.39 is 0 Å². The molecule has 4 rings (SSSR count). The Balaban J connectivity index is 1.39. The molecule has 114 valence electrons. The average Bonchev–Trinajstić information content (AvgIpc) is 3.22. The number of benzene rings is 2. The zero-order chi connectivity index (χ0) is 15.5. The van der Waals surface area contributed by atoms with Gasteiger partial charge >= 0.3 is 0 Å². The van der Waals surface area contributed by atoms with Gasteiger partial charge in [-0.3, -0.25) is 0 Å². The van der Waals surface area contributed by atoms with Crippen molar-refractivity contribution in [2.45, 2.75) is 6.42 Å². The summed E-state index contributed by atoms with van der Waals surface area (Å²) in [5.74, 6) is 1.89. The fourth-order valence-electron chi connectivity index (χ4n) is 2.38. The standard InChI is InChI=1S/C17H15N5O/c1-2-6-12(7-3-1)16-22-21-15(23-16)10-11-18-17-19-13-8-4-5-9-14(13)20-17/h1-9H,10-11H2,(H2,18,19,20). The van der Waals surface area contributed by atoms with Gasteiger partial charge in [0.15, 0.2) is 0 Å². The van der Waals surface area contributed by atoms with Crippen molar-refractivity contribution in [2.24, 2.45) is 0 Å². The van der Waals surface area contributed by atoms with E-state index in [-0.39, 0.29) is 0 Å². The van der Waals surface area contributed by atoms with Gasteiger partial charge < -0.3 is 14.7 Å². The third-order valence-corrected chi connectivity index (χ3v) is 3.51. The number of aromatic nitrogens is 4. The van der Waals surface area contributed by atoms with Crippen LogP contribution in [0.2, 0.25) is 0 Å². The van der Waals surface area contributed by atoms with Crippen molar-refractivity contribution in [3.63, 3.8) is 0 Å². The molecule has 2 N–H and O–H groups in total. The zero-order valence-electron chi connectivity index (χ0n) is 12.4. The summed E-state index contributed by atoms with van der Waals surface area (Å²) in [6, 6.07) is 17.7. The summed E-state index contributed by atoms with van der Waals surface area (Å²) in [6.07, 6.45) is 0.636. The first kappa shape index (κ1) is 13.5. The Bertz CT molecular complexity index is 880. The van der Waals surface area contributed by atoms with Crippen LogP contribution < -0.4 is 5.32 Å². The van der Waals surface area contributed by atoms with Gasteiger partial charge in [0, 0.05) is 18.5 Å². The highest BCUT2D eigenvalue weighted by Gasteiger charge is 2.08. The van der Waals surface area contributed by atoms with Crippen molar-refractivity contribution < 1.29 is 4.42 Å². The van der Waals surface area contributed by atoms with Crippen LogP contribution in [-0.4, -0.2) is 26.7 Å². The molecule has 23 heavy (non-hydrogen) atoms. The van der Waals surface area contributed by atoms with E-state index in [4.69, 9.17) is 4.42 Å². The fourth-order valence-corrected chi connectivity index (χ4v) is 2.38. The number of aromatic amines is 1. The van der Waals surface area contributed by atoms with E-state index >= 15 is 0 Å². The van der Waals surface area contributed by atoms with Crippen LogP contribution in [0, 0.1) is 0 Å². The smallest absolute Gasteiger partial charge is 0.247 e. The highest BCUT2D eigenvalue weighted by Crippen LogP contribution is 2.17. The van der Waals surface area contributed by atoms with Crippen LogP contribution >= 0.6 is 0 Å². The number of imidazole rings is 1. The topological polar surface area (TPSA) is 79.6 Å². The predicted molar refractivity (Wildman–Crippen MR) is 88.0 cm³/mol. The summed E-state index contributed by atoms with van der Waals surface area (Å²) in [5.41, 5.74) is 2.88. The van der Waals surface area contributed by atoms with Gasteiger partial charge in [0.25, 0.3) is 0 Å². The maximum Gasteiger partial charge on any atom is 0.247 e. The van der Waals surface area contributed by atoms with E-state index in [0.717, 1.165) is 22.5 Å². The summed E-state index contributed by atoms with van der Waals surface area (Å²) in [6.45, 7) is 0.663. The summed E-state index contributed by atoms with van der Waals surface area (Å²) in [7, 11) is 0. The molecule has 0 aliphatic heterocycles. The molecule has 0 atom stereocenters. The number of nitrogens with zero attached hydrogens (tertiary/aromatic N) is 3. The summed E-state index contributed by atoms with van der Waals surface area (Å²) in [4.78, 5) is 7.69. The summed E-state index contributed by atoms with van der Waals surface area (Å²) >= 11 is 0. The summed E-state index contributed by atoms with van der Waals surface area (Å²) < 4.78 is 5.67. The molecular weight excluding hydrogens is 290 g/mol. The fraction of sp³-hybridized carbons (Fsp3) is 0.118. The van der Waals surface area contributed by atoms with Crippen molar-refractivity contribution in [3.8, 4) is 11.5 Å². The Morgan fingerprint density at radius 1 is 0.957 bits per heavy atom. The van der Waals surface area contributed by atoms with Crippen LogP contribution in [0.4, 0.5) is 5.95 Å². The van der Waals surface area contributed by atoms with Gasteiger partial charge in [-0.1, -0.05) is 30.3 Å². The number of fused-ring (bicyclic) bond motifs is 1. The van der Waals surface area contributed by atoms with Gasteiger partial charge in [-0.15, -0.1) is 10.2 Å². The van der Waals surface area contributed by atoms with Gasteiger partial charge in [-0.05, 0) is 24.3 Å². The molecule has 4 aromatic rings. The third kappa shape index (κ3) is 2.91. The van der Waals surface area contributed by atoms with Gasteiger partial charge in [-0.2, -0.15) is 0 Å². The molecule has 2 aromatic carbocycles. The number of hydrogen-bond acceptors (Lipinski definition) is 5. The van der Waals surface area contributed by atoms with E-state index in [9.17, 15) is 0 Å². The Morgan fingerprint density at radius 3 is 2.65 bits per heavy atom. The summed E-state index contributed by atoms with van der Waals surface area (Å²) in [5, 5.41) is 11.4. The molecule has 6 heteroatoms. The van der Waals surface area contributed by atoms with Crippen molar-refractivity contribution in [2.75, 3.05) is 11.9 Å². The highest BCUT2D eigenvalue weighted by atomic mass is 16.4. The van der Waals surface area contributed by atoms with Crippen molar-refractivity contribution in [3.05, 3.63) is 60.5 Å². The first-order valence-electron chi connectivity index (χ1n) is 7.45. The molecule has 2 heterocycles. The molecule has 0 aliphatic carbocycles. The number of H-pyrrole nitrogens is 1. The molecule has 2 aromatic heterocycles. The molecule has 0 unspecified atom stereocenters. The monoisotopic (exact) mass is 305 g/mol. The minimum Gasteiger partial charge on any atom is -0.421 e. The minimum absolute atomic E-state index is 0.546. The van der Waals surface area contributed by atoms with E-state index in [0.29, 0.717) is 24.7 Å². The largest absolute Gasteiger partial charge is 0.421 e. The second-order valence-electron chi connectivity index (χ2n) is 5.15. The minimum atomic E-state index is 0.546. The number of hydrogen-bond donors (Lipinski definition) is 2. The Hall–Kier alpha value is -3.15. The third-order valence-electron chi connectivity index (χ3n) is 3.51. The lowest BCUT2D eigenvalue weighted by Crippen LogP contribution is -2.06. The van der Waals surface area contributed by atoms with E-state index in [2.05, 4.69) is 25.5 Å². The molecule has 0 radical (unpaired) electrons. The molecular formula is C17H15N5O. The quantitative estimate of drug-likeness (QED) is 0.591. The Labute approximate surface area is 132 Å². The normalized spacial score (nSPS) is 11.0. The van der Waals surface area contributed by atoms with Crippen LogP contribution in [-0.2, 0) is 6.42 Å². The van der Waals surface area contributed by atoms with Crippen LogP contribution in [0.1, 0.15) is 5.89 Å². The van der Waals surface area contributed by atoms with E-state index in [1.54, 1.807) is 0 Å².